The summed E-state index contributed by atoms with van der Waals surface area (Å²) in [5.41, 5.74) is 1.29. The third kappa shape index (κ3) is 3.37. The largest absolute Gasteiger partial charge is 0.302 e. The number of halogens is 1. The molecule has 2 atom stereocenters. The van der Waals surface area contributed by atoms with Gasteiger partial charge in [-0.3, -0.25) is 0 Å². The molecule has 0 aliphatic carbocycles. The molecule has 0 saturated carbocycles. The highest BCUT2D eigenvalue weighted by Gasteiger charge is 2.12. The molecule has 2 nitrogen and oxygen atoms in total. The van der Waals surface area contributed by atoms with Crippen LogP contribution in [0.3, 0.4) is 0 Å². The summed E-state index contributed by atoms with van der Waals surface area (Å²) in [6.07, 6.45) is 1.85. The number of aromatic nitrogens is 1. The minimum atomic E-state index is 0.286. The number of nitrogens with one attached hydrogen (secondary N) is 1. The molecule has 0 radical (unpaired) electrons. The number of benzene rings is 1. The molecule has 2 aromatic rings. The van der Waals surface area contributed by atoms with Crippen molar-refractivity contribution in [1.29, 1.82) is 0 Å². The number of thiazole rings is 1. The molecule has 0 aliphatic rings. The van der Waals surface area contributed by atoms with E-state index < -0.39 is 0 Å². The van der Waals surface area contributed by atoms with Crippen molar-refractivity contribution in [2.24, 2.45) is 0 Å². The molecule has 4 heteroatoms. The zero-order valence-electron chi connectivity index (χ0n) is 9.85. The Hall–Kier alpha value is -0.710. The van der Waals surface area contributed by atoms with Gasteiger partial charge >= 0.3 is 0 Å². The van der Waals surface area contributed by atoms with Crippen molar-refractivity contribution in [3.05, 3.63) is 50.9 Å². The minimum absolute atomic E-state index is 0.286. The number of nitrogens with zero attached hydrogens (tertiary/aromatic N) is 1. The Morgan fingerprint density at radius 1 is 1.18 bits per heavy atom. The maximum Gasteiger partial charge on any atom is 0.109 e. The van der Waals surface area contributed by atoms with Crippen molar-refractivity contribution in [3.8, 4) is 0 Å². The quantitative estimate of drug-likeness (QED) is 0.909. The van der Waals surface area contributed by atoms with Crippen LogP contribution in [0.15, 0.2) is 40.3 Å². The number of hydrogen-bond donors (Lipinski definition) is 1. The third-order valence-corrected chi connectivity index (χ3v) is 4.18. The molecular weight excluding hydrogens is 296 g/mol. The van der Waals surface area contributed by atoms with E-state index >= 15 is 0 Å². The molecule has 0 fully saturated rings. The maximum atomic E-state index is 4.33. The molecule has 1 unspecified atom stereocenters. The van der Waals surface area contributed by atoms with E-state index in [-0.39, 0.29) is 6.04 Å². The first-order valence-electron chi connectivity index (χ1n) is 5.57. The van der Waals surface area contributed by atoms with Crippen LogP contribution in [0.1, 0.15) is 36.5 Å². The molecule has 1 heterocycles. The highest BCUT2D eigenvalue weighted by Crippen LogP contribution is 2.21. The van der Waals surface area contributed by atoms with Gasteiger partial charge in [-0.25, -0.2) is 4.98 Å². The second kappa shape index (κ2) is 5.76. The molecule has 0 aliphatic heterocycles. The third-order valence-electron chi connectivity index (χ3n) is 2.69. The van der Waals surface area contributed by atoms with Gasteiger partial charge in [0, 0.05) is 22.1 Å². The first-order valence-corrected chi connectivity index (χ1v) is 7.25. The zero-order chi connectivity index (χ0) is 12.3. The summed E-state index contributed by atoms with van der Waals surface area (Å²) in [5, 5.41) is 6.70. The lowest BCUT2D eigenvalue weighted by Gasteiger charge is -2.18. The van der Waals surface area contributed by atoms with Gasteiger partial charge in [0.1, 0.15) is 5.01 Å². The van der Waals surface area contributed by atoms with Crippen LogP contribution in [-0.2, 0) is 0 Å². The second-order valence-electron chi connectivity index (χ2n) is 4.03. The zero-order valence-corrected chi connectivity index (χ0v) is 12.3. The predicted octanol–water partition coefficient (Wildman–Crippen LogP) is 4.32. The Morgan fingerprint density at radius 3 is 2.47 bits per heavy atom. The van der Waals surface area contributed by atoms with Crippen molar-refractivity contribution in [3.63, 3.8) is 0 Å². The summed E-state index contributed by atoms with van der Waals surface area (Å²) < 4.78 is 1.11. The molecular formula is C13H15BrN2S. The normalized spacial score (nSPS) is 14.5. The van der Waals surface area contributed by atoms with Crippen LogP contribution in [0.2, 0.25) is 0 Å². The Labute approximate surface area is 114 Å². The Morgan fingerprint density at radius 2 is 1.88 bits per heavy atom. The van der Waals surface area contributed by atoms with E-state index in [1.807, 2.05) is 11.6 Å². The molecule has 1 aromatic heterocycles. The van der Waals surface area contributed by atoms with Gasteiger partial charge in [-0.2, -0.15) is 0 Å². The summed E-state index contributed by atoms with van der Waals surface area (Å²) in [4.78, 5) is 4.33. The number of hydrogen-bond acceptors (Lipinski definition) is 3. The average Bonchev–Trinajstić information content (AvgIpc) is 2.83. The predicted molar refractivity (Wildman–Crippen MR) is 76.2 cm³/mol. The van der Waals surface area contributed by atoms with Crippen molar-refractivity contribution >= 4 is 27.3 Å². The fourth-order valence-electron chi connectivity index (χ4n) is 1.74. The van der Waals surface area contributed by atoms with Crippen molar-refractivity contribution < 1.29 is 0 Å². The lowest BCUT2D eigenvalue weighted by Crippen LogP contribution is -2.22. The van der Waals surface area contributed by atoms with Gasteiger partial charge in [0.25, 0.3) is 0 Å². The van der Waals surface area contributed by atoms with Crippen LogP contribution in [0, 0.1) is 0 Å². The van der Waals surface area contributed by atoms with Crippen LogP contribution in [0.25, 0.3) is 0 Å². The molecule has 0 amide bonds. The van der Waals surface area contributed by atoms with Crippen molar-refractivity contribution in [2.45, 2.75) is 25.9 Å². The van der Waals surface area contributed by atoms with Gasteiger partial charge in [0.2, 0.25) is 0 Å². The van der Waals surface area contributed by atoms with Crippen molar-refractivity contribution in [2.75, 3.05) is 0 Å². The van der Waals surface area contributed by atoms with Crippen LogP contribution >= 0.6 is 27.3 Å². The van der Waals surface area contributed by atoms with Crippen LogP contribution in [-0.4, -0.2) is 4.98 Å². The molecule has 0 spiro atoms. The Bertz CT molecular complexity index is 453. The first-order chi connectivity index (χ1) is 8.16. The highest BCUT2D eigenvalue weighted by atomic mass is 79.9. The highest BCUT2D eigenvalue weighted by molar-refractivity contribution is 9.10. The lowest BCUT2D eigenvalue weighted by molar-refractivity contribution is 0.493. The van der Waals surface area contributed by atoms with Gasteiger partial charge < -0.3 is 5.32 Å². The maximum absolute atomic E-state index is 4.33. The van der Waals surface area contributed by atoms with E-state index in [4.69, 9.17) is 0 Å². The molecule has 0 saturated heterocycles. The standard InChI is InChI=1S/C13H15BrN2S/c1-9(11-3-5-12(14)6-4-11)16-10(2)13-15-7-8-17-13/h3-10,16H,1-2H3/t9-,10?/m1/s1. The molecule has 90 valence electrons. The van der Waals surface area contributed by atoms with E-state index in [0.717, 1.165) is 9.48 Å². The molecule has 1 N–H and O–H groups in total. The molecule has 2 rings (SSSR count). The van der Waals surface area contributed by atoms with E-state index in [2.05, 4.69) is 64.3 Å². The summed E-state index contributed by atoms with van der Waals surface area (Å²) in [5.74, 6) is 0. The molecule has 17 heavy (non-hydrogen) atoms. The fraction of sp³-hybridized carbons (Fsp3) is 0.308. The molecule has 0 bridgehead atoms. The van der Waals surface area contributed by atoms with Crippen LogP contribution in [0.4, 0.5) is 0 Å². The summed E-state index contributed by atoms with van der Waals surface area (Å²) >= 11 is 5.14. The lowest BCUT2D eigenvalue weighted by atomic mass is 10.1. The van der Waals surface area contributed by atoms with Crippen LogP contribution in [0.5, 0.6) is 0 Å². The smallest absolute Gasteiger partial charge is 0.109 e. The summed E-state index contributed by atoms with van der Waals surface area (Å²) in [7, 11) is 0. The SMILES string of the molecule is CC(N[C@H](C)c1ccc(Br)cc1)c1nccs1. The molecule has 1 aromatic carbocycles. The van der Waals surface area contributed by atoms with Gasteiger partial charge in [0.15, 0.2) is 0 Å². The topological polar surface area (TPSA) is 24.9 Å². The van der Waals surface area contributed by atoms with E-state index in [1.165, 1.54) is 5.56 Å². The Balaban J connectivity index is 2.01. The van der Waals surface area contributed by atoms with E-state index in [0.29, 0.717) is 6.04 Å². The average molecular weight is 311 g/mol. The van der Waals surface area contributed by atoms with Gasteiger partial charge in [-0.15, -0.1) is 11.3 Å². The van der Waals surface area contributed by atoms with Gasteiger partial charge in [-0.05, 0) is 31.5 Å². The fourth-order valence-corrected chi connectivity index (χ4v) is 2.66. The summed E-state index contributed by atoms with van der Waals surface area (Å²) in [6.45, 7) is 4.32. The summed E-state index contributed by atoms with van der Waals surface area (Å²) in [6, 6.07) is 9.02. The first kappa shape index (κ1) is 12.7. The minimum Gasteiger partial charge on any atom is -0.302 e. The monoisotopic (exact) mass is 310 g/mol. The van der Waals surface area contributed by atoms with Crippen LogP contribution < -0.4 is 5.32 Å². The van der Waals surface area contributed by atoms with E-state index in [1.54, 1.807) is 11.3 Å². The van der Waals surface area contributed by atoms with Crippen molar-refractivity contribution in [1.82, 2.24) is 10.3 Å². The second-order valence-corrected chi connectivity index (χ2v) is 5.87. The number of rotatable bonds is 4. The van der Waals surface area contributed by atoms with Gasteiger partial charge in [0.05, 0.1) is 6.04 Å². The Kier molecular flexibility index (Phi) is 4.31. The van der Waals surface area contributed by atoms with Gasteiger partial charge in [-0.1, -0.05) is 28.1 Å². The van der Waals surface area contributed by atoms with E-state index in [9.17, 15) is 0 Å².